The second-order valence-corrected chi connectivity index (χ2v) is 9.08. The van der Waals surface area contributed by atoms with E-state index >= 15 is 0 Å². The molecular formula is C25H28F3N3O2. The Morgan fingerprint density at radius 2 is 1.82 bits per heavy atom. The summed E-state index contributed by atoms with van der Waals surface area (Å²) in [6.45, 7) is 1.64. The van der Waals surface area contributed by atoms with Crippen LogP contribution in [0.3, 0.4) is 0 Å². The lowest BCUT2D eigenvalue weighted by atomic mass is 9.89. The number of hydrogen-bond acceptors (Lipinski definition) is 4. The summed E-state index contributed by atoms with van der Waals surface area (Å²) in [5.41, 5.74) is -0.644. The van der Waals surface area contributed by atoms with Gasteiger partial charge in [-0.05, 0) is 56.7 Å². The Hall–Kier alpha value is -2.74. The number of Topliss-reactive ketones (excluding diaryl/α,β-unsaturated/α-hetero) is 1. The molecule has 1 aliphatic rings. The number of rotatable bonds is 9. The van der Waals surface area contributed by atoms with E-state index in [9.17, 15) is 23.1 Å². The van der Waals surface area contributed by atoms with Crippen LogP contribution in [0.15, 0.2) is 42.5 Å². The molecule has 0 saturated heterocycles. The Labute approximate surface area is 190 Å². The zero-order chi connectivity index (χ0) is 23.6. The third-order valence-corrected chi connectivity index (χ3v) is 6.38. The van der Waals surface area contributed by atoms with E-state index in [1.165, 1.54) is 6.07 Å². The predicted molar refractivity (Wildman–Crippen MR) is 119 cm³/mol. The Morgan fingerprint density at radius 1 is 1.09 bits per heavy atom. The van der Waals surface area contributed by atoms with Gasteiger partial charge in [0.05, 0.1) is 5.60 Å². The number of unbranched alkanes of at least 4 members (excludes halogenated alkanes) is 1. The maximum Gasteiger partial charge on any atom is 0.433 e. The molecule has 0 spiro atoms. The number of aliphatic hydroxyl groups is 1. The lowest BCUT2D eigenvalue weighted by Gasteiger charge is -2.29. The molecule has 1 saturated carbocycles. The van der Waals surface area contributed by atoms with E-state index in [0.29, 0.717) is 42.4 Å². The minimum Gasteiger partial charge on any atom is -0.385 e. The third-order valence-electron chi connectivity index (χ3n) is 6.38. The van der Waals surface area contributed by atoms with Crippen LogP contribution in [0.2, 0.25) is 0 Å². The van der Waals surface area contributed by atoms with Crippen LogP contribution in [0.5, 0.6) is 0 Å². The molecule has 0 radical (unpaired) electrons. The average molecular weight is 460 g/mol. The fourth-order valence-corrected chi connectivity index (χ4v) is 4.36. The first-order valence-electron chi connectivity index (χ1n) is 11.4. The second kappa shape index (κ2) is 9.25. The van der Waals surface area contributed by atoms with Crippen LogP contribution in [-0.4, -0.2) is 25.4 Å². The number of benzene rings is 1. The average Bonchev–Trinajstić information content (AvgIpc) is 3.07. The number of hydrogen-bond donors (Lipinski definition) is 1. The van der Waals surface area contributed by atoms with Gasteiger partial charge in [0.25, 0.3) is 0 Å². The summed E-state index contributed by atoms with van der Waals surface area (Å²) < 4.78 is 41.3. The van der Waals surface area contributed by atoms with Crippen molar-refractivity contribution in [1.29, 1.82) is 0 Å². The number of aromatic nitrogens is 3. The van der Waals surface area contributed by atoms with Gasteiger partial charge in [0.1, 0.15) is 22.8 Å². The van der Waals surface area contributed by atoms with Crippen molar-refractivity contribution in [1.82, 2.24) is 14.5 Å². The van der Waals surface area contributed by atoms with Crippen molar-refractivity contribution in [3.8, 4) is 0 Å². The molecule has 33 heavy (non-hydrogen) atoms. The molecule has 1 N–H and O–H groups in total. The van der Waals surface area contributed by atoms with E-state index in [1.54, 1.807) is 19.1 Å². The molecule has 1 unspecified atom stereocenters. The number of carbonyl (C=O) groups is 1. The summed E-state index contributed by atoms with van der Waals surface area (Å²) in [4.78, 5) is 20.9. The standard InChI is InChI=1S/C25H28F3N3O2/c1-24(33,17-8-3-2-4-9-17)16-19(32)12-5-6-13-22-29-20-14-15-21(25(26,27)28)30-23(20)31(22)18-10-7-11-18/h2-4,8-9,14-15,18,33H,5-7,10-13,16H2,1H3. The van der Waals surface area contributed by atoms with Gasteiger partial charge in [0.15, 0.2) is 5.65 Å². The number of pyridine rings is 1. The van der Waals surface area contributed by atoms with Crippen molar-refractivity contribution in [3.05, 3.63) is 59.5 Å². The maximum absolute atomic E-state index is 13.2. The first-order chi connectivity index (χ1) is 15.6. The smallest absolute Gasteiger partial charge is 0.385 e. The Morgan fingerprint density at radius 3 is 2.45 bits per heavy atom. The molecule has 1 atom stereocenters. The lowest BCUT2D eigenvalue weighted by Crippen LogP contribution is -2.25. The molecule has 176 valence electrons. The number of aryl methyl sites for hydroxylation is 1. The fourth-order valence-electron chi connectivity index (χ4n) is 4.36. The van der Waals surface area contributed by atoms with Crippen LogP contribution in [0, 0.1) is 0 Å². The van der Waals surface area contributed by atoms with Crippen LogP contribution >= 0.6 is 0 Å². The van der Waals surface area contributed by atoms with Gasteiger partial charge in [-0.25, -0.2) is 9.97 Å². The number of halogens is 3. The van der Waals surface area contributed by atoms with E-state index < -0.39 is 17.5 Å². The van der Waals surface area contributed by atoms with Crippen LogP contribution in [0.1, 0.15) is 75.0 Å². The number of alkyl halides is 3. The number of nitrogens with zero attached hydrogens (tertiary/aromatic N) is 3. The largest absolute Gasteiger partial charge is 0.433 e. The molecule has 5 nitrogen and oxygen atoms in total. The van der Waals surface area contributed by atoms with Crippen molar-refractivity contribution in [2.75, 3.05) is 0 Å². The highest BCUT2D eigenvalue weighted by molar-refractivity contribution is 5.79. The number of carbonyl (C=O) groups excluding carboxylic acids is 1. The normalized spacial score (nSPS) is 16.5. The molecule has 1 fully saturated rings. The number of ketones is 1. The van der Waals surface area contributed by atoms with Gasteiger partial charge in [0.2, 0.25) is 0 Å². The summed E-state index contributed by atoms with van der Waals surface area (Å²) in [5, 5.41) is 10.7. The zero-order valence-electron chi connectivity index (χ0n) is 18.6. The second-order valence-electron chi connectivity index (χ2n) is 9.08. The summed E-state index contributed by atoms with van der Waals surface area (Å²) >= 11 is 0. The lowest BCUT2D eigenvalue weighted by molar-refractivity contribution is -0.141. The van der Waals surface area contributed by atoms with Gasteiger partial charge in [-0.15, -0.1) is 0 Å². The number of imidazole rings is 1. The minimum atomic E-state index is -4.50. The van der Waals surface area contributed by atoms with Gasteiger partial charge < -0.3 is 9.67 Å². The number of fused-ring (bicyclic) bond motifs is 1. The van der Waals surface area contributed by atoms with Crippen LogP contribution < -0.4 is 0 Å². The van der Waals surface area contributed by atoms with E-state index in [-0.39, 0.29) is 18.2 Å². The monoisotopic (exact) mass is 459 g/mol. The van der Waals surface area contributed by atoms with Crippen molar-refractivity contribution in [3.63, 3.8) is 0 Å². The molecule has 4 rings (SSSR count). The fraction of sp³-hybridized carbons (Fsp3) is 0.480. The molecule has 8 heteroatoms. The summed E-state index contributed by atoms with van der Waals surface area (Å²) in [5.74, 6) is 0.707. The van der Waals surface area contributed by atoms with Crippen molar-refractivity contribution >= 4 is 16.9 Å². The summed E-state index contributed by atoms with van der Waals surface area (Å²) in [7, 11) is 0. The summed E-state index contributed by atoms with van der Waals surface area (Å²) in [6.07, 6.45) is 0.609. The molecule has 2 aromatic heterocycles. The van der Waals surface area contributed by atoms with Crippen LogP contribution in [0.25, 0.3) is 11.2 Å². The molecule has 3 aromatic rings. The Bertz CT molecular complexity index is 1120. The van der Waals surface area contributed by atoms with Gasteiger partial charge in [0, 0.05) is 25.3 Å². The zero-order valence-corrected chi connectivity index (χ0v) is 18.6. The maximum atomic E-state index is 13.2. The molecule has 0 bridgehead atoms. The molecule has 0 aliphatic heterocycles. The molecule has 2 heterocycles. The van der Waals surface area contributed by atoms with Crippen LogP contribution in [0.4, 0.5) is 13.2 Å². The molecule has 1 aromatic carbocycles. The molecular weight excluding hydrogens is 431 g/mol. The third kappa shape index (κ3) is 5.27. The highest BCUT2D eigenvalue weighted by Crippen LogP contribution is 2.37. The first-order valence-corrected chi connectivity index (χ1v) is 11.4. The highest BCUT2D eigenvalue weighted by Gasteiger charge is 2.34. The van der Waals surface area contributed by atoms with E-state index in [1.807, 2.05) is 22.8 Å². The Balaban J connectivity index is 1.39. The van der Waals surface area contributed by atoms with Crippen molar-refractivity contribution in [2.24, 2.45) is 0 Å². The summed E-state index contributed by atoms with van der Waals surface area (Å²) in [6, 6.07) is 11.6. The van der Waals surface area contributed by atoms with E-state index in [0.717, 1.165) is 31.2 Å². The minimum absolute atomic E-state index is 0.0205. The Kier molecular flexibility index (Phi) is 6.56. The van der Waals surface area contributed by atoms with E-state index in [2.05, 4.69) is 9.97 Å². The quantitative estimate of drug-likeness (QED) is 0.414. The highest BCUT2D eigenvalue weighted by atomic mass is 19.4. The predicted octanol–water partition coefficient (Wildman–Crippen LogP) is 5.75. The van der Waals surface area contributed by atoms with Gasteiger partial charge in [-0.1, -0.05) is 30.3 Å². The van der Waals surface area contributed by atoms with Crippen LogP contribution in [-0.2, 0) is 23.0 Å². The topological polar surface area (TPSA) is 68.0 Å². The van der Waals surface area contributed by atoms with Gasteiger partial charge in [-0.2, -0.15) is 13.2 Å². The SMILES string of the molecule is CC(O)(CC(=O)CCCCc1nc2ccc(C(F)(F)F)nc2n1C1CCC1)c1ccccc1. The van der Waals surface area contributed by atoms with Crippen molar-refractivity contribution in [2.45, 2.75) is 76.1 Å². The van der Waals surface area contributed by atoms with Gasteiger partial charge in [-0.3, -0.25) is 4.79 Å². The van der Waals surface area contributed by atoms with Crippen molar-refractivity contribution < 1.29 is 23.1 Å². The molecule has 0 amide bonds. The molecule has 1 aliphatic carbocycles. The van der Waals surface area contributed by atoms with Gasteiger partial charge >= 0.3 is 6.18 Å². The first kappa shape index (κ1) is 23.4. The van der Waals surface area contributed by atoms with E-state index in [4.69, 9.17) is 0 Å².